The number of tetrazole rings is 1. The van der Waals surface area contributed by atoms with Crippen molar-refractivity contribution in [3.05, 3.63) is 0 Å². The van der Waals surface area contributed by atoms with E-state index in [0.717, 1.165) is 0 Å². The average Bonchev–Trinajstić information content (AvgIpc) is 2.57. The zero-order chi connectivity index (χ0) is 8.72. The molecular weight excluding hydrogens is 160 g/mol. The Kier molecular flexibility index (Phi) is 1.34. The lowest BCUT2D eigenvalue weighted by molar-refractivity contribution is -0.125. The minimum absolute atomic E-state index is 0.0350. The number of hydrogen-bond donors (Lipinski definition) is 2. The zero-order valence-electron chi connectivity index (χ0n) is 6.43. The van der Waals surface area contributed by atoms with E-state index >= 15 is 0 Å². The number of H-pyrrole nitrogens is 1. The lowest BCUT2D eigenvalue weighted by Crippen LogP contribution is -2.68. The van der Waals surface area contributed by atoms with Crippen molar-refractivity contribution in [3.8, 4) is 0 Å². The maximum absolute atomic E-state index is 11.2. The molecule has 1 aliphatic rings. The van der Waals surface area contributed by atoms with Crippen LogP contribution in [0.5, 0.6) is 0 Å². The minimum atomic E-state index is -0.421. The van der Waals surface area contributed by atoms with Gasteiger partial charge in [0, 0.05) is 0 Å². The van der Waals surface area contributed by atoms with Gasteiger partial charge in [-0.25, -0.2) is 5.10 Å². The summed E-state index contributed by atoms with van der Waals surface area (Å²) in [7, 11) is 0. The molecule has 7 nitrogen and oxygen atoms in total. The third kappa shape index (κ3) is 0.735. The summed E-state index contributed by atoms with van der Waals surface area (Å²) in [5.41, 5.74) is 5.49. The SMILES string of the molecule is C[C@H]1[C@H](N)C(=O)N1c1nnn[nH]1. The van der Waals surface area contributed by atoms with Gasteiger partial charge >= 0.3 is 0 Å². The number of nitrogens with zero attached hydrogens (tertiary/aromatic N) is 4. The third-order valence-electron chi connectivity index (χ3n) is 2.01. The first-order valence-electron chi connectivity index (χ1n) is 3.54. The fraction of sp³-hybridized carbons (Fsp3) is 0.600. The largest absolute Gasteiger partial charge is 0.318 e. The van der Waals surface area contributed by atoms with Crippen molar-refractivity contribution in [2.45, 2.75) is 19.0 Å². The summed E-state index contributed by atoms with van der Waals surface area (Å²) in [6.45, 7) is 1.84. The second kappa shape index (κ2) is 2.24. The maximum atomic E-state index is 11.2. The van der Waals surface area contributed by atoms with Gasteiger partial charge in [-0.05, 0) is 17.4 Å². The van der Waals surface area contributed by atoms with Crippen LogP contribution in [0.2, 0.25) is 0 Å². The van der Waals surface area contributed by atoms with E-state index in [2.05, 4.69) is 20.6 Å². The van der Waals surface area contributed by atoms with Crippen LogP contribution in [-0.2, 0) is 4.79 Å². The first-order valence-corrected chi connectivity index (χ1v) is 3.54. The number of carbonyl (C=O) groups is 1. The molecule has 3 N–H and O–H groups in total. The number of hydrogen-bond acceptors (Lipinski definition) is 5. The fourth-order valence-corrected chi connectivity index (χ4v) is 1.20. The first kappa shape index (κ1) is 7.17. The van der Waals surface area contributed by atoms with Crippen molar-refractivity contribution >= 4 is 11.9 Å². The number of rotatable bonds is 1. The Morgan fingerprint density at radius 2 is 2.42 bits per heavy atom. The number of aromatic nitrogens is 4. The molecule has 7 heteroatoms. The molecule has 2 heterocycles. The molecule has 2 rings (SSSR count). The number of β-lactam (4-membered cyclic amide) rings is 1. The van der Waals surface area contributed by atoms with E-state index in [1.165, 1.54) is 4.90 Å². The second-order valence-corrected chi connectivity index (χ2v) is 2.70. The summed E-state index contributed by atoms with van der Waals surface area (Å²) < 4.78 is 0. The highest BCUT2D eigenvalue weighted by atomic mass is 16.2. The standard InChI is InChI=1S/C5H8N6O/c1-2-3(6)4(12)11(2)5-7-9-10-8-5/h2-3H,6H2,1H3,(H,7,8,9,10)/t2-,3-/m0/s1. The van der Waals surface area contributed by atoms with Gasteiger partial charge in [-0.15, -0.1) is 0 Å². The number of nitrogens with two attached hydrogens (primary N) is 1. The molecule has 0 aliphatic carbocycles. The van der Waals surface area contributed by atoms with Gasteiger partial charge < -0.3 is 5.73 Å². The number of nitrogens with one attached hydrogen (secondary N) is 1. The normalized spacial score (nSPS) is 28.8. The number of aromatic amines is 1. The van der Waals surface area contributed by atoms with Crippen molar-refractivity contribution in [2.24, 2.45) is 5.73 Å². The van der Waals surface area contributed by atoms with Gasteiger partial charge in [-0.3, -0.25) is 9.69 Å². The van der Waals surface area contributed by atoms with Crippen molar-refractivity contribution < 1.29 is 4.79 Å². The van der Waals surface area contributed by atoms with E-state index < -0.39 is 6.04 Å². The van der Waals surface area contributed by atoms with Crippen molar-refractivity contribution in [3.63, 3.8) is 0 Å². The summed E-state index contributed by atoms with van der Waals surface area (Å²) in [5.74, 6) is 0.204. The third-order valence-corrected chi connectivity index (χ3v) is 2.01. The predicted octanol–water partition coefficient (Wildman–Crippen LogP) is -1.74. The van der Waals surface area contributed by atoms with Crippen LogP contribution in [0, 0.1) is 0 Å². The molecular formula is C5H8N6O. The topological polar surface area (TPSA) is 101 Å². The van der Waals surface area contributed by atoms with Crippen LogP contribution < -0.4 is 10.6 Å². The molecule has 1 aromatic heterocycles. The highest BCUT2D eigenvalue weighted by molar-refractivity contribution is 6.03. The molecule has 2 atom stereocenters. The molecule has 1 aromatic rings. The van der Waals surface area contributed by atoms with E-state index in [1.54, 1.807) is 0 Å². The molecule has 0 spiro atoms. The summed E-state index contributed by atoms with van der Waals surface area (Å²) in [4.78, 5) is 12.6. The van der Waals surface area contributed by atoms with Crippen LogP contribution in [0.15, 0.2) is 0 Å². The smallest absolute Gasteiger partial charge is 0.249 e. The Morgan fingerprint density at radius 1 is 1.67 bits per heavy atom. The molecule has 0 aromatic carbocycles. The van der Waals surface area contributed by atoms with E-state index in [1.807, 2.05) is 6.92 Å². The van der Waals surface area contributed by atoms with Gasteiger partial charge in [0.1, 0.15) is 6.04 Å². The molecule has 0 saturated carbocycles. The molecule has 0 unspecified atom stereocenters. The van der Waals surface area contributed by atoms with Gasteiger partial charge in [-0.2, -0.15) is 0 Å². The highest BCUT2D eigenvalue weighted by Crippen LogP contribution is 2.21. The molecule has 0 radical (unpaired) electrons. The van der Waals surface area contributed by atoms with Crippen LogP contribution in [0.1, 0.15) is 6.92 Å². The van der Waals surface area contributed by atoms with Crippen LogP contribution in [0.4, 0.5) is 5.95 Å². The first-order chi connectivity index (χ1) is 5.72. The van der Waals surface area contributed by atoms with Gasteiger partial charge in [0.15, 0.2) is 0 Å². The number of carbonyl (C=O) groups excluding carboxylic acids is 1. The van der Waals surface area contributed by atoms with Crippen LogP contribution in [0.25, 0.3) is 0 Å². The minimum Gasteiger partial charge on any atom is -0.318 e. The Balaban J connectivity index is 2.23. The van der Waals surface area contributed by atoms with E-state index in [9.17, 15) is 4.79 Å². The van der Waals surface area contributed by atoms with Gasteiger partial charge in [0.2, 0.25) is 11.9 Å². The molecule has 1 aliphatic heterocycles. The van der Waals surface area contributed by atoms with Crippen LogP contribution >= 0.6 is 0 Å². The molecule has 12 heavy (non-hydrogen) atoms. The Morgan fingerprint density at radius 3 is 2.92 bits per heavy atom. The Bertz CT molecular complexity index is 295. The quantitative estimate of drug-likeness (QED) is 0.485. The average molecular weight is 168 g/mol. The Hall–Kier alpha value is -1.50. The van der Waals surface area contributed by atoms with E-state index in [0.29, 0.717) is 5.95 Å². The highest BCUT2D eigenvalue weighted by Gasteiger charge is 2.44. The zero-order valence-corrected chi connectivity index (χ0v) is 6.43. The lowest BCUT2D eigenvalue weighted by Gasteiger charge is -2.40. The molecule has 0 bridgehead atoms. The lowest BCUT2D eigenvalue weighted by atomic mass is 9.99. The summed E-state index contributed by atoms with van der Waals surface area (Å²) in [6, 6.07) is -0.456. The number of anilines is 1. The summed E-state index contributed by atoms with van der Waals surface area (Å²) in [6.07, 6.45) is 0. The van der Waals surface area contributed by atoms with Crippen molar-refractivity contribution in [1.82, 2.24) is 20.6 Å². The van der Waals surface area contributed by atoms with E-state index in [4.69, 9.17) is 5.73 Å². The van der Waals surface area contributed by atoms with E-state index in [-0.39, 0.29) is 11.9 Å². The van der Waals surface area contributed by atoms with Crippen LogP contribution in [0.3, 0.4) is 0 Å². The molecule has 1 saturated heterocycles. The maximum Gasteiger partial charge on any atom is 0.249 e. The predicted molar refractivity (Wildman–Crippen MR) is 39.1 cm³/mol. The van der Waals surface area contributed by atoms with Gasteiger partial charge in [0.05, 0.1) is 6.04 Å². The fourth-order valence-electron chi connectivity index (χ4n) is 1.20. The monoisotopic (exact) mass is 168 g/mol. The molecule has 1 amide bonds. The van der Waals surface area contributed by atoms with Crippen molar-refractivity contribution in [2.75, 3.05) is 4.90 Å². The van der Waals surface area contributed by atoms with Gasteiger partial charge in [0.25, 0.3) is 0 Å². The summed E-state index contributed by atoms with van der Waals surface area (Å²) >= 11 is 0. The molecule has 64 valence electrons. The van der Waals surface area contributed by atoms with Crippen molar-refractivity contribution in [1.29, 1.82) is 0 Å². The Labute approximate surface area is 67.9 Å². The number of amides is 1. The van der Waals surface area contributed by atoms with Crippen LogP contribution in [-0.4, -0.2) is 38.6 Å². The van der Waals surface area contributed by atoms with Gasteiger partial charge in [-0.1, -0.05) is 5.10 Å². The second-order valence-electron chi connectivity index (χ2n) is 2.70. The molecule has 1 fully saturated rings. The summed E-state index contributed by atoms with van der Waals surface area (Å²) in [5, 5.41) is 12.8.